The lowest BCUT2D eigenvalue weighted by molar-refractivity contribution is 0.0953. The molecule has 1 aromatic carbocycles. The fourth-order valence-electron chi connectivity index (χ4n) is 1.47. The highest BCUT2D eigenvalue weighted by molar-refractivity contribution is 7.98. The average Bonchev–Trinajstić information content (AvgIpc) is 2.38. The zero-order chi connectivity index (χ0) is 13.4. The first-order valence-electron chi connectivity index (χ1n) is 5.84. The number of thioether (sulfide) groups is 1. The van der Waals surface area contributed by atoms with Gasteiger partial charge >= 0.3 is 0 Å². The predicted molar refractivity (Wildman–Crippen MR) is 81.2 cm³/mol. The fraction of sp³-hybridized carbons (Fsp3) is 0.385. The molecule has 18 heavy (non-hydrogen) atoms. The maximum atomic E-state index is 11.8. The molecule has 0 heterocycles. The summed E-state index contributed by atoms with van der Waals surface area (Å²) < 4.78 is 0. The van der Waals surface area contributed by atoms with E-state index in [4.69, 9.17) is 18.0 Å². The molecular weight excluding hydrogens is 264 g/mol. The van der Waals surface area contributed by atoms with Gasteiger partial charge < -0.3 is 11.1 Å². The van der Waals surface area contributed by atoms with Crippen molar-refractivity contribution in [2.75, 3.05) is 12.8 Å². The summed E-state index contributed by atoms with van der Waals surface area (Å²) >= 11 is 6.45. The molecule has 0 bridgehead atoms. The van der Waals surface area contributed by atoms with Gasteiger partial charge in [-0.25, -0.2) is 0 Å². The summed E-state index contributed by atoms with van der Waals surface area (Å²) in [5.74, 6) is -0.0296. The Hall–Kier alpha value is -1.07. The van der Waals surface area contributed by atoms with Gasteiger partial charge in [0.25, 0.3) is 5.91 Å². The summed E-state index contributed by atoms with van der Waals surface area (Å²) in [6.45, 7) is 0.658. The SMILES string of the molecule is CSc1ccc(C(=O)NCCCCC(N)=S)cc1. The van der Waals surface area contributed by atoms with E-state index >= 15 is 0 Å². The van der Waals surface area contributed by atoms with Crippen molar-refractivity contribution in [2.24, 2.45) is 5.73 Å². The number of unbranched alkanes of at least 4 members (excludes halogenated alkanes) is 1. The minimum Gasteiger partial charge on any atom is -0.393 e. The monoisotopic (exact) mass is 282 g/mol. The number of carbonyl (C=O) groups excluding carboxylic acids is 1. The molecule has 1 aromatic rings. The van der Waals surface area contributed by atoms with Crippen molar-refractivity contribution in [2.45, 2.75) is 24.2 Å². The number of hydrogen-bond donors (Lipinski definition) is 2. The first kappa shape index (κ1) is 15.0. The van der Waals surface area contributed by atoms with E-state index in [0.717, 1.165) is 24.2 Å². The van der Waals surface area contributed by atoms with Crippen LogP contribution in [0.3, 0.4) is 0 Å². The second-order valence-electron chi connectivity index (χ2n) is 3.91. The number of benzene rings is 1. The molecule has 3 N–H and O–H groups in total. The van der Waals surface area contributed by atoms with Crippen molar-refractivity contribution in [1.29, 1.82) is 0 Å². The summed E-state index contributed by atoms with van der Waals surface area (Å²) in [4.78, 5) is 13.5. The molecule has 0 saturated carbocycles. The Morgan fingerprint density at radius 2 is 2.00 bits per heavy atom. The second kappa shape index (κ2) is 8.11. The minimum absolute atomic E-state index is 0.0296. The van der Waals surface area contributed by atoms with Crippen LogP contribution in [0.25, 0.3) is 0 Å². The smallest absolute Gasteiger partial charge is 0.251 e. The molecule has 0 atom stereocenters. The number of amides is 1. The molecule has 98 valence electrons. The number of nitrogens with two attached hydrogens (primary N) is 1. The molecule has 3 nitrogen and oxygen atoms in total. The molecule has 0 aliphatic rings. The number of hydrogen-bond acceptors (Lipinski definition) is 3. The lowest BCUT2D eigenvalue weighted by Gasteiger charge is -2.05. The third kappa shape index (κ3) is 5.51. The largest absolute Gasteiger partial charge is 0.393 e. The Bertz CT molecular complexity index is 404. The lowest BCUT2D eigenvalue weighted by Crippen LogP contribution is -2.24. The van der Waals surface area contributed by atoms with Gasteiger partial charge in [-0.2, -0.15) is 0 Å². The van der Waals surface area contributed by atoms with Crippen LogP contribution >= 0.6 is 24.0 Å². The van der Waals surface area contributed by atoms with Crippen LogP contribution in [0.5, 0.6) is 0 Å². The van der Waals surface area contributed by atoms with Gasteiger partial charge in [0.1, 0.15) is 0 Å². The van der Waals surface area contributed by atoms with Crippen molar-refractivity contribution in [3.8, 4) is 0 Å². The van der Waals surface area contributed by atoms with Crippen molar-refractivity contribution in [3.05, 3.63) is 29.8 Å². The molecule has 0 spiro atoms. The van der Waals surface area contributed by atoms with E-state index in [9.17, 15) is 4.79 Å². The molecule has 0 saturated heterocycles. The maximum Gasteiger partial charge on any atom is 0.251 e. The Kier molecular flexibility index (Phi) is 6.75. The summed E-state index contributed by atoms with van der Waals surface area (Å²) in [5.41, 5.74) is 6.09. The van der Waals surface area contributed by atoms with E-state index in [-0.39, 0.29) is 5.91 Å². The molecule has 0 fully saturated rings. The third-order valence-electron chi connectivity index (χ3n) is 2.49. The Morgan fingerprint density at radius 1 is 1.33 bits per heavy atom. The van der Waals surface area contributed by atoms with Crippen molar-refractivity contribution >= 4 is 34.9 Å². The van der Waals surface area contributed by atoms with Gasteiger partial charge in [0.15, 0.2) is 0 Å². The van der Waals surface area contributed by atoms with Crippen molar-refractivity contribution in [1.82, 2.24) is 5.32 Å². The van der Waals surface area contributed by atoms with Gasteiger partial charge in [0, 0.05) is 17.0 Å². The Labute approximate surface area is 118 Å². The lowest BCUT2D eigenvalue weighted by atomic mass is 10.2. The summed E-state index contributed by atoms with van der Waals surface area (Å²) in [5, 5.41) is 2.88. The van der Waals surface area contributed by atoms with E-state index in [0.29, 0.717) is 17.1 Å². The minimum atomic E-state index is -0.0296. The van der Waals surface area contributed by atoms with Gasteiger partial charge in [-0.15, -0.1) is 11.8 Å². The van der Waals surface area contributed by atoms with Gasteiger partial charge in [-0.3, -0.25) is 4.79 Å². The molecule has 0 unspecified atom stereocenters. The summed E-state index contributed by atoms with van der Waals surface area (Å²) in [6, 6.07) is 7.59. The molecule has 0 aliphatic carbocycles. The standard InChI is InChI=1S/C13H18N2OS2/c1-18-11-7-5-10(6-8-11)13(16)15-9-3-2-4-12(14)17/h5-8H,2-4,9H2,1H3,(H2,14,17)(H,15,16). The van der Waals surface area contributed by atoms with Gasteiger partial charge in [-0.05, 0) is 49.8 Å². The zero-order valence-corrected chi connectivity index (χ0v) is 12.1. The van der Waals surface area contributed by atoms with E-state index in [1.807, 2.05) is 30.5 Å². The number of rotatable bonds is 7. The molecule has 1 rings (SSSR count). The zero-order valence-electron chi connectivity index (χ0n) is 10.4. The summed E-state index contributed by atoms with van der Waals surface area (Å²) in [6.07, 6.45) is 4.57. The van der Waals surface area contributed by atoms with Crippen molar-refractivity contribution < 1.29 is 4.79 Å². The Morgan fingerprint density at radius 3 is 2.56 bits per heavy atom. The van der Waals surface area contributed by atoms with E-state index in [1.54, 1.807) is 11.8 Å². The average molecular weight is 282 g/mol. The van der Waals surface area contributed by atoms with Crippen LogP contribution in [-0.4, -0.2) is 23.7 Å². The number of nitrogens with one attached hydrogen (secondary N) is 1. The van der Waals surface area contributed by atoms with E-state index < -0.39 is 0 Å². The highest BCUT2D eigenvalue weighted by Gasteiger charge is 2.04. The van der Waals surface area contributed by atoms with Crippen LogP contribution in [0.15, 0.2) is 29.2 Å². The molecule has 0 radical (unpaired) electrons. The van der Waals surface area contributed by atoms with Gasteiger partial charge in [0.05, 0.1) is 4.99 Å². The van der Waals surface area contributed by atoms with Gasteiger partial charge in [0.2, 0.25) is 0 Å². The third-order valence-corrected chi connectivity index (χ3v) is 3.44. The first-order chi connectivity index (χ1) is 8.63. The molecule has 0 aliphatic heterocycles. The topological polar surface area (TPSA) is 55.1 Å². The van der Waals surface area contributed by atoms with Crippen LogP contribution in [0.2, 0.25) is 0 Å². The maximum absolute atomic E-state index is 11.8. The van der Waals surface area contributed by atoms with Crippen LogP contribution < -0.4 is 11.1 Å². The normalized spacial score (nSPS) is 10.1. The van der Waals surface area contributed by atoms with Crippen LogP contribution in [0.1, 0.15) is 29.6 Å². The van der Waals surface area contributed by atoms with E-state index in [1.165, 1.54) is 0 Å². The van der Waals surface area contributed by atoms with Gasteiger partial charge in [-0.1, -0.05) is 12.2 Å². The van der Waals surface area contributed by atoms with Crippen molar-refractivity contribution in [3.63, 3.8) is 0 Å². The molecular formula is C13H18N2OS2. The molecule has 0 aromatic heterocycles. The predicted octanol–water partition coefficient (Wildman–Crippen LogP) is 2.59. The fourth-order valence-corrected chi connectivity index (χ4v) is 2.02. The quantitative estimate of drug-likeness (QED) is 0.458. The first-order valence-corrected chi connectivity index (χ1v) is 7.47. The van der Waals surface area contributed by atoms with E-state index in [2.05, 4.69) is 5.32 Å². The number of carbonyl (C=O) groups is 1. The molecule has 1 amide bonds. The van der Waals surface area contributed by atoms with Crippen LogP contribution in [0.4, 0.5) is 0 Å². The van der Waals surface area contributed by atoms with Crippen LogP contribution in [0, 0.1) is 0 Å². The van der Waals surface area contributed by atoms with Crippen LogP contribution in [-0.2, 0) is 0 Å². The number of thiocarbonyl (C=S) groups is 1. The highest BCUT2D eigenvalue weighted by Crippen LogP contribution is 2.14. The summed E-state index contributed by atoms with van der Waals surface area (Å²) in [7, 11) is 0. The second-order valence-corrected chi connectivity index (χ2v) is 5.31. The Balaban J connectivity index is 2.29. The molecule has 5 heteroatoms. The highest BCUT2D eigenvalue weighted by atomic mass is 32.2.